The maximum atomic E-state index is 13.5. The van der Waals surface area contributed by atoms with Gasteiger partial charge in [0.05, 0.1) is 17.7 Å². The van der Waals surface area contributed by atoms with Gasteiger partial charge in [0.2, 0.25) is 0 Å². The topological polar surface area (TPSA) is 71.2 Å². The minimum Gasteiger partial charge on any atom is -0.467 e. The molecule has 5 nitrogen and oxygen atoms in total. The smallest absolute Gasteiger partial charge is 0.328 e. The van der Waals surface area contributed by atoms with Gasteiger partial charge in [-0.05, 0) is 23.8 Å². The highest BCUT2D eigenvalue weighted by Gasteiger charge is 2.25. The second-order valence-corrected chi connectivity index (χ2v) is 6.27. The Kier molecular flexibility index (Phi) is 5.41. The molecule has 0 aliphatic rings. The van der Waals surface area contributed by atoms with Crippen LogP contribution in [0.2, 0.25) is 5.02 Å². The third kappa shape index (κ3) is 3.93. The number of aromatic amines is 1. The maximum absolute atomic E-state index is 13.5. The fourth-order valence-electron chi connectivity index (χ4n) is 2.79. The minimum absolute atomic E-state index is 0.143. The monoisotopic (exact) mass is 392 g/mol. The molecule has 2 N–H and O–H groups in total. The number of hydrogen-bond acceptors (Lipinski definition) is 3. The molecule has 0 saturated carbocycles. The number of esters is 1. The molecule has 1 heterocycles. The molecule has 0 aliphatic heterocycles. The van der Waals surface area contributed by atoms with Crippen molar-refractivity contribution in [1.82, 2.24) is 10.3 Å². The van der Waals surface area contributed by atoms with Crippen LogP contribution in [0.5, 0.6) is 0 Å². The minimum atomic E-state index is -1.21. The maximum Gasteiger partial charge on any atom is 0.328 e. The molecular formula is C19H15ClF2N2O3. The van der Waals surface area contributed by atoms with Gasteiger partial charge in [-0.2, -0.15) is 0 Å². The number of halogens is 3. The molecule has 8 heteroatoms. The second kappa shape index (κ2) is 7.75. The molecule has 1 amide bonds. The lowest BCUT2D eigenvalue weighted by Gasteiger charge is -2.17. The van der Waals surface area contributed by atoms with Gasteiger partial charge in [-0.1, -0.05) is 29.8 Å². The number of amides is 1. The molecule has 0 aliphatic carbocycles. The third-order valence-electron chi connectivity index (χ3n) is 4.14. The lowest BCUT2D eigenvalue weighted by molar-refractivity contribution is -0.142. The first-order valence-electron chi connectivity index (χ1n) is 7.99. The Morgan fingerprint density at radius 3 is 2.67 bits per heavy atom. The van der Waals surface area contributed by atoms with E-state index in [9.17, 15) is 18.4 Å². The van der Waals surface area contributed by atoms with Crippen molar-refractivity contribution in [3.63, 3.8) is 0 Å². The molecule has 27 heavy (non-hydrogen) atoms. The molecule has 3 rings (SSSR count). The van der Waals surface area contributed by atoms with Crippen LogP contribution in [0.25, 0.3) is 10.9 Å². The van der Waals surface area contributed by atoms with E-state index < -0.39 is 29.6 Å². The van der Waals surface area contributed by atoms with E-state index in [0.29, 0.717) is 12.1 Å². The quantitative estimate of drug-likeness (QED) is 0.514. The number of hydrogen-bond donors (Lipinski definition) is 2. The summed E-state index contributed by atoms with van der Waals surface area (Å²) in [5.74, 6) is -3.86. The molecule has 0 spiro atoms. The molecular weight excluding hydrogens is 378 g/mol. The largest absolute Gasteiger partial charge is 0.467 e. The molecule has 0 unspecified atom stereocenters. The first kappa shape index (κ1) is 18.8. The summed E-state index contributed by atoms with van der Waals surface area (Å²) in [6.07, 6.45) is 1.88. The average molecular weight is 393 g/mol. The number of H-pyrrole nitrogens is 1. The second-order valence-electron chi connectivity index (χ2n) is 5.86. The van der Waals surface area contributed by atoms with Crippen molar-refractivity contribution >= 4 is 34.4 Å². The van der Waals surface area contributed by atoms with E-state index in [1.165, 1.54) is 7.11 Å². The Bertz CT molecular complexity index is 1020. The third-order valence-corrected chi connectivity index (χ3v) is 4.46. The van der Waals surface area contributed by atoms with Crippen molar-refractivity contribution in [2.75, 3.05) is 7.11 Å². The number of carbonyl (C=O) groups is 2. The molecule has 140 valence electrons. The van der Waals surface area contributed by atoms with Gasteiger partial charge in [-0.3, -0.25) is 4.79 Å². The Morgan fingerprint density at radius 1 is 1.22 bits per heavy atom. The van der Waals surface area contributed by atoms with Crippen molar-refractivity contribution < 1.29 is 23.1 Å². The molecule has 0 saturated heterocycles. The van der Waals surface area contributed by atoms with E-state index in [1.54, 1.807) is 6.20 Å². The number of fused-ring (bicyclic) bond motifs is 1. The zero-order chi connectivity index (χ0) is 19.6. The number of methoxy groups -OCH3 is 1. The predicted molar refractivity (Wildman–Crippen MR) is 96.6 cm³/mol. The van der Waals surface area contributed by atoms with E-state index in [2.05, 4.69) is 10.3 Å². The van der Waals surface area contributed by atoms with Gasteiger partial charge in [-0.15, -0.1) is 0 Å². The van der Waals surface area contributed by atoms with Crippen LogP contribution in [0.15, 0.2) is 42.6 Å². The van der Waals surface area contributed by atoms with E-state index in [0.717, 1.165) is 16.5 Å². The Labute approximate surface area is 158 Å². The molecule has 1 atom stereocenters. The fourth-order valence-corrected chi connectivity index (χ4v) is 3.02. The van der Waals surface area contributed by atoms with Crippen LogP contribution in [0, 0.1) is 11.6 Å². The highest BCUT2D eigenvalue weighted by atomic mass is 35.5. The summed E-state index contributed by atoms with van der Waals surface area (Å²) in [6.45, 7) is 0. The van der Waals surface area contributed by atoms with Crippen LogP contribution in [-0.2, 0) is 16.0 Å². The Balaban J connectivity index is 1.86. The standard InChI is InChI=1S/C19H15ClF2N2O3/c1-27-19(26)17(6-10-9-23-16-5-3-2-4-11(10)16)24-18(25)12-7-14(21)15(22)8-13(12)20/h2-5,7-9,17,23H,6H2,1H3,(H,24,25)/t17-/m1/s1. The summed E-state index contributed by atoms with van der Waals surface area (Å²) in [7, 11) is 1.20. The number of carbonyl (C=O) groups excluding carboxylic acids is 2. The average Bonchev–Trinajstić information content (AvgIpc) is 3.06. The molecule has 0 radical (unpaired) electrons. The summed E-state index contributed by atoms with van der Waals surface area (Å²) in [5.41, 5.74) is 1.40. The normalized spacial score (nSPS) is 12.0. The number of nitrogens with one attached hydrogen (secondary N) is 2. The van der Waals surface area contributed by atoms with Crippen molar-refractivity contribution in [3.05, 3.63) is 70.4 Å². The van der Waals surface area contributed by atoms with E-state index >= 15 is 0 Å². The van der Waals surface area contributed by atoms with Gasteiger partial charge < -0.3 is 15.0 Å². The zero-order valence-corrected chi connectivity index (χ0v) is 14.9. The van der Waals surface area contributed by atoms with Gasteiger partial charge in [0.15, 0.2) is 11.6 Å². The van der Waals surface area contributed by atoms with Gasteiger partial charge >= 0.3 is 5.97 Å². The van der Waals surface area contributed by atoms with Crippen molar-refractivity contribution in [3.8, 4) is 0 Å². The predicted octanol–water partition coefficient (Wildman–Crippen LogP) is 3.61. The van der Waals surface area contributed by atoms with Crippen LogP contribution in [0.1, 0.15) is 15.9 Å². The van der Waals surface area contributed by atoms with Crippen LogP contribution >= 0.6 is 11.6 Å². The summed E-state index contributed by atoms with van der Waals surface area (Å²) in [4.78, 5) is 27.7. The zero-order valence-electron chi connectivity index (χ0n) is 14.2. The van der Waals surface area contributed by atoms with Gasteiger partial charge in [0, 0.05) is 23.5 Å². The van der Waals surface area contributed by atoms with Crippen molar-refractivity contribution in [2.45, 2.75) is 12.5 Å². The lowest BCUT2D eigenvalue weighted by Crippen LogP contribution is -2.43. The van der Waals surface area contributed by atoms with Gasteiger partial charge in [0.25, 0.3) is 5.91 Å². The first-order chi connectivity index (χ1) is 12.9. The fraction of sp³-hybridized carbons (Fsp3) is 0.158. The van der Waals surface area contributed by atoms with Crippen LogP contribution in [-0.4, -0.2) is 30.0 Å². The van der Waals surface area contributed by atoms with Crippen LogP contribution in [0.3, 0.4) is 0 Å². The molecule has 0 fully saturated rings. The number of benzene rings is 2. The van der Waals surface area contributed by atoms with Gasteiger partial charge in [-0.25, -0.2) is 13.6 Å². The molecule has 2 aromatic carbocycles. The number of para-hydroxylation sites is 1. The summed E-state index contributed by atoms with van der Waals surface area (Å²) >= 11 is 5.83. The number of rotatable bonds is 5. The molecule has 3 aromatic rings. The van der Waals surface area contributed by atoms with Crippen LogP contribution in [0.4, 0.5) is 8.78 Å². The molecule has 0 bridgehead atoms. The molecule has 1 aromatic heterocycles. The van der Waals surface area contributed by atoms with E-state index in [1.807, 2.05) is 24.3 Å². The summed E-state index contributed by atoms with van der Waals surface area (Å²) < 4.78 is 31.4. The van der Waals surface area contributed by atoms with E-state index in [4.69, 9.17) is 16.3 Å². The van der Waals surface area contributed by atoms with Crippen molar-refractivity contribution in [2.24, 2.45) is 0 Å². The number of ether oxygens (including phenoxy) is 1. The highest BCUT2D eigenvalue weighted by molar-refractivity contribution is 6.33. The van der Waals surface area contributed by atoms with Gasteiger partial charge in [0.1, 0.15) is 6.04 Å². The van der Waals surface area contributed by atoms with E-state index in [-0.39, 0.29) is 17.0 Å². The SMILES string of the molecule is COC(=O)[C@@H](Cc1c[nH]c2ccccc12)NC(=O)c1cc(F)c(F)cc1Cl. The van der Waals surface area contributed by atoms with Crippen molar-refractivity contribution in [1.29, 1.82) is 0 Å². The lowest BCUT2D eigenvalue weighted by atomic mass is 10.0. The summed E-state index contributed by atoms with van der Waals surface area (Å²) in [5, 5.41) is 3.11. The Hall–Kier alpha value is -2.93. The van der Waals surface area contributed by atoms with Crippen LogP contribution < -0.4 is 5.32 Å². The summed E-state index contributed by atoms with van der Waals surface area (Å²) in [6, 6.07) is 7.84. The highest BCUT2D eigenvalue weighted by Crippen LogP contribution is 2.22. The Morgan fingerprint density at radius 2 is 1.93 bits per heavy atom. The first-order valence-corrected chi connectivity index (χ1v) is 8.36. The number of aromatic nitrogens is 1.